The Morgan fingerprint density at radius 3 is 2.58 bits per heavy atom. The summed E-state index contributed by atoms with van der Waals surface area (Å²) in [6, 6.07) is 14.5. The normalized spacial score (nSPS) is 15.2. The summed E-state index contributed by atoms with van der Waals surface area (Å²) in [4.78, 5) is 25.8. The van der Waals surface area contributed by atoms with Crippen LogP contribution in [0.4, 0.5) is 10.1 Å². The van der Waals surface area contributed by atoms with Gasteiger partial charge in [0.05, 0.1) is 18.4 Å². The third-order valence-corrected chi connectivity index (χ3v) is 7.48. The monoisotopic (exact) mass is 519 g/mol. The van der Waals surface area contributed by atoms with Crippen molar-refractivity contribution in [1.29, 1.82) is 0 Å². The lowest BCUT2D eigenvalue weighted by atomic mass is 9.99. The molecule has 1 aliphatic rings. The molecule has 3 aromatic rings. The standard InChI is InChI=1S/C30H38FN5O2/c1-21-18-28(31)34-23(3)29(21)30(37)33-15-11-22(2)35-16-12-26(13-17-35)36(20-24-6-5-14-32-19-24)25-7-9-27(38-4)10-8-25/h5-10,14,18-19,22,26H,11-13,15-17,20H2,1-4H3,(H,33,37)/t22-/m1/s1. The Balaban J connectivity index is 1.32. The Morgan fingerprint density at radius 2 is 1.95 bits per heavy atom. The fourth-order valence-electron chi connectivity index (χ4n) is 5.33. The predicted molar refractivity (Wildman–Crippen MR) is 148 cm³/mol. The molecule has 3 heterocycles. The quantitative estimate of drug-likeness (QED) is 0.384. The van der Waals surface area contributed by atoms with Gasteiger partial charge in [0.2, 0.25) is 5.95 Å². The Kier molecular flexibility index (Phi) is 9.29. The van der Waals surface area contributed by atoms with E-state index in [2.05, 4.69) is 50.2 Å². The van der Waals surface area contributed by atoms with Crippen LogP contribution in [-0.4, -0.2) is 59.6 Å². The largest absolute Gasteiger partial charge is 0.497 e. The number of piperidine rings is 1. The van der Waals surface area contributed by atoms with Gasteiger partial charge in [-0.25, -0.2) is 4.98 Å². The lowest BCUT2D eigenvalue weighted by Gasteiger charge is -2.42. The highest BCUT2D eigenvalue weighted by Crippen LogP contribution is 2.28. The van der Waals surface area contributed by atoms with E-state index in [4.69, 9.17) is 4.74 Å². The number of nitrogens with zero attached hydrogens (tertiary/aromatic N) is 4. The van der Waals surface area contributed by atoms with Gasteiger partial charge in [0.15, 0.2) is 0 Å². The SMILES string of the molecule is COc1ccc(N(Cc2cccnc2)C2CCN([C@H](C)CCNC(=O)c3c(C)cc(F)nc3C)CC2)cc1. The van der Waals surface area contributed by atoms with Gasteiger partial charge in [-0.3, -0.25) is 9.78 Å². The van der Waals surface area contributed by atoms with E-state index in [1.54, 1.807) is 21.0 Å². The van der Waals surface area contributed by atoms with Crippen molar-refractivity contribution in [2.75, 3.05) is 31.6 Å². The third kappa shape index (κ3) is 6.86. The fraction of sp³-hybridized carbons (Fsp3) is 0.433. The van der Waals surface area contributed by atoms with Crippen molar-refractivity contribution < 1.29 is 13.9 Å². The molecule has 0 bridgehead atoms. The number of ether oxygens (including phenoxy) is 1. The molecule has 2 aromatic heterocycles. The third-order valence-electron chi connectivity index (χ3n) is 7.48. The lowest BCUT2D eigenvalue weighted by molar-refractivity contribution is 0.0943. The molecule has 0 spiro atoms. The molecule has 8 heteroatoms. The molecule has 0 saturated carbocycles. The molecule has 1 saturated heterocycles. The van der Waals surface area contributed by atoms with E-state index in [-0.39, 0.29) is 5.91 Å². The second kappa shape index (κ2) is 12.8. The van der Waals surface area contributed by atoms with Crippen molar-refractivity contribution in [3.63, 3.8) is 0 Å². The van der Waals surface area contributed by atoms with Gasteiger partial charge in [0.1, 0.15) is 5.75 Å². The number of rotatable bonds is 10. The molecule has 38 heavy (non-hydrogen) atoms. The Bertz CT molecular complexity index is 1170. The van der Waals surface area contributed by atoms with Crippen molar-refractivity contribution in [3.8, 4) is 5.75 Å². The smallest absolute Gasteiger partial charge is 0.253 e. The van der Waals surface area contributed by atoms with Crippen LogP contribution in [0.5, 0.6) is 5.75 Å². The van der Waals surface area contributed by atoms with Gasteiger partial charge in [0.25, 0.3) is 5.91 Å². The van der Waals surface area contributed by atoms with E-state index in [1.807, 2.05) is 30.6 Å². The van der Waals surface area contributed by atoms with E-state index in [1.165, 1.54) is 17.3 Å². The van der Waals surface area contributed by atoms with Crippen LogP contribution in [-0.2, 0) is 6.54 Å². The Hall–Kier alpha value is -3.52. The number of hydrogen-bond acceptors (Lipinski definition) is 6. The van der Waals surface area contributed by atoms with Gasteiger partial charge >= 0.3 is 0 Å². The van der Waals surface area contributed by atoms with Crippen LogP contribution < -0.4 is 15.0 Å². The molecule has 1 fully saturated rings. The maximum atomic E-state index is 13.5. The zero-order chi connectivity index (χ0) is 27.1. The molecule has 0 aliphatic carbocycles. The number of amides is 1. The molecule has 1 aromatic carbocycles. The number of hydrogen-bond donors (Lipinski definition) is 1. The van der Waals surface area contributed by atoms with Crippen molar-refractivity contribution in [3.05, 3.63) is 83.2 Å². The molecule has 4 rings (SSSR count). The number of aromatic nitrogens is 2. The average Bonchev–Trinajstić information content (AvgIpc) is 2.92. The van der Waals surface area contributed by atoms with E-state index < -0.39 is 5.95 Å². The minimum Gasteiger partial charge on any atom is -0.497 e. The lowest BCUT2D eigenvalue weighted by Crippen LogP contribution is -2.48. The van der Waals surface area contributed by atoms with Crippen LogP contribution in [0.3, 0.4) is 0 Å². The van der Waals surface area contributed by atoms with E-state index in [9.17, 15) is 9.18 Å². The minimum atomic E-state index is -0.556. The fourth-order valence-corrected chi connectivity index (χ4v) is 5.33. The van der Waals surface area contributed by atoms with E-state index >= 15 is 0 Å². The number of methoxy groups -OCH3 is 1. The topological polar surface area (TPSA) is 70.6 Å². The van der Waals surface area contributed by atoms with Crippen LogP contribution in [0.2, 0.25) is 0 Å². The zero-order valence-electron chi connectivity index (χ0n) is 22.8. The summed E-state index contributed by atoms with van der Waals surface area (Å²) in [5, 5.41) is 3.00. The number of benzene rings is 1. The first kappa shape index (κ1) is 27.5. The molecule has 1 N–H and O–H groups in total. The molecular weight excluding hydrogens is 481 g/mol. The molecule has 0 radical (unpaired) electrons. The van der Waals surface area contributed by atoms with Crippen molar-refractivity contribution >= 4 is 11.6 Å². The number of nitrogens with one attached hydrogen (secondary N) is 1. The second-order valence-electron chi connectivity index (χ2n) is 10.1. The maximum absolute atomic E-state index is 13.5. The number of likely N-dealkylation sites (tertiary alicyclic amines) is 1. The first-order valence-corrected chi connectivity index (χ1v) is 13.3. The van der Waals surface area contributed by atoms with E-state index in [0.29, 0.717) is 35.4 Å². The maximum Gasteiger partial charge on any atom is 0.253 e. The number of halogens is 1. The molecule has 1 amide bonds. The second-order valence-corrected chi connectivity index (χ2v) is 10.1. The first-order chi connectivity index (χ1) is 18.4. The van der Waals surface area contributed by atoms with Gasteiger partial charge in [-0.15, -0.1) is 0 Å². The number of carbonyl (C=O) groups is 1. The van der Waals surface area contributed by atoms with Crippen molar-refractivity contribution in [1.82, 2.24) is 20.2 Å². The Labute approximate surface area is 225 Å². The summed E-state index contributed by atoms with van der Waals surface area (Å²) in [6.07, 6.45) is 6.71. The number of aryl methyl sites for hydroxylation is 2. The summed E-state index contributed by atoms with van der Waals surface area (Å²) >= 11 is 0. The molecule has 202 valence electrons. The molecular formula is C30H38FN5O2. The summed E-state index contributed by atoms with van der Waals surface area (Å²) in [7, 11) is 1.69. The molecule has 0 unspecified atom stereocenters. The number of carbonyl (C=O) groups excluding carboxylic acids is 1. The number of anilines is 1. The molecule has 1 aliphatic heterocycles. The van der Waals surface area contributed by atoms with Crippen molar-refractivity contribution in [2.24, 2.45) is 0 Å². The molecule has 7 nitrogen and oxygen atoms in total. The van der Waals surface area contributed by atoms with Crippen molar-refractivity contribution in [2.45, 2.75) is 58.7 Å². The zero-order valence-corrected chi connectivity index (χ0v) is 22.8. The van der Waals surface area contributed by atoms with Crippen LogP contribution in [0.15, 0.2) is 54.9 Å². The highest BCUT2D eigenvalue weighted by molar-refractivity contribution is 5.96. The highest BCUT2D eigenvalue weighted by Gasteiger charge is 2.27. The van der Waals surface area contributed by atoms with Gasteiger partial charge in [-0.05, 0) is 87.6 Å². The summed E-state index contributed by atoms with van der Waals surface area (Å²) in [5.41, 5.74) is 3.87. The Morgan fingerprint density at radius 1 is 1.21 bits per heavy atom. The van der Waals surface area contributed by atoms with Crippen LogP contribution in [0, 0.1) is 19.8 Å². The van der Waals surface area contributed by atoms with Gasteiger partial charge in [0, 0.05) is 56.3 Å². The van der Waals surface area contributed by atoms with Crippen LogP contribution in [0.1, 0.15) is 53.4 Å². The summed E-state index contributed by atoms with van der Waals surface area (Å²) in [5.74, 6) is 0.107. The van der Waals surface area contributed by atoms with Gasteiger partial charge in [-0.2, -0.15) is 4.39 Å². The minimum absolute atomic E-state index is 0.191. The van der Waals surface area contributed by atoms with Crippen LogP contribution >= 0.6 is 0 Å². The van der Waals surface area contributed by atoms with Gasteiger partial charge in [-0.1, -0.05) is 6.07 Å². The van der Waals surface area contributed by atoms with Gasteiger partial charge < -0.3 is 19.9 Å². The average molecular weight is 520 g/mol. The first-order valence-electron chi connectivity index (χ1n) is 13.3. The van der Waals surface area contributed by atoms with Crippen LogP contribution in [0.25, 0.3) is 0 Å². The summed E-state index contributed by atoms with van der Waals surface area (Å²) < 4.78 is 18.9. The van der Waals surface area contributed by atoms with E-state index in [0.717, 1.165) is 44.6 Å². The predicted octanol–water partition coefficient (Wildman–Crippen LogP) is 4.92. The highest BCUT2D eigenvalue weighted by atomic mass is 19.1. The summed E-state index contributed by atoms with van der Waals surface area (Å²) in [6.45, 7) is 9.00. The molecule has 1 atom stereocenters. The number of pyridine rings is 2.